The van der Waals surface area contributed by atoms with Crippen LogP contribution in [0.5, 0.6) is 5.75 Å². The van der Waals surface area contributed by atoms with Gasteiger partial charge in [-0.3, -0.25) is 4.79 Å². The van der Waals surface area contributed by atoms with Crippen LogP contribution in [0, 0.1) is 11.7 Å². The summed E-state index contributed by atoms with van der Waals surface area (Å²) in [6.45, 7) is 6.16. The third kappa shape index (κ3) is 5.89. The number of halogens is 1. The average molecular weight is 343 g/mol. The molecule has 0 aliphatic rings. The average Bonchev–Trinajstić information content (AvgIpc) is 2.61. The molecule has 2 aromatic rings. The van der Waals surface area contributed by atoms with Crippen molar-refractivity contribution in [2.45, 2.75) is 45.8 Å². The number of benzene rings is 2. The Morgan fingerprint density at radius 2 is 1.72 bits per heavy atom. The van der Waals surface area contributed by atoms with Gasteiger partial charge in [-0.15, -0.1) is 0 Å². The summed E-state index contributed by atoms with van der Waals surface area (Å²) in [6.07, 6.45) is 0.777. The zero-order chi connectivity index (χ0) is 18.2. The van der Waals surface area contributed by atoms with Crippen molar-refractivity contribution in [1.29, 1.82) is 0 Å². The standard InChI is InChI=1S/C21H26FNO2/c1-4-20(25-18-12-10-17(22)11-13-18)21(24)23-19(14-15(2)3)16-8-6-5-7-9-16/h5-13,15,19-20H,4,14H2,1-3H3,(H,23,24)/t19-,20+/m1/s1. The van der Waals surface area contributed by atoms with E-state index in [0.717, 1.165) is 12.0 Å². The van der Waals surface area contributed by atoms with Crippen molar-refractivity contribution in [3.63, 3.8) is 0 Å². The largest absolute Gasteiger partial charge is 0.481 e. The molecule has 0 aromatic heterocycles. The maximum absolute atomic E-state index is 13.0. The van der Waals surface area contributed by atoms with E-state index < -0.39 is 6.10 Å². The van der Waals surface area contributed by atoms with Gasteiger partial charge in [0.05, 0.1) is 6.04 Å². The normalized spacial score (nSPS) is 13.3. The number of nitrogens with one attached hydrogen (secondary N) is 1. The molecular formula is C21H26FNO2. The number of carbonyl (C=O) groups is 1. The van der Waals surface area contributed by atoms with Gasteiger partial charge in [0, 0.05) is 0 Å². The predicted octanol–water partition coefficient (Wildman–Crippen LogP) is 4.89. The number of carbonyl (C=O) groups excluding carboxylic acids is 1. The second-order valence-electron chi connectivity index (χ2n) is 6.57. The molecule has 0 aliphatic heterocycles. The lowest BCUT2D eigenvalue weighted by atomic mass is 9.96. The molecule has 134 valence electrons. The molecule has 0 fully saturated rings. The summed E-state index contributed by atoms with van der Waals surface area (Å²) >= 11 is 0. The van der Waals surface area contributed by atoms with Crippen LogP contribution in [0.25, 0.3) is 0 Å². The van der Waals surface area contributed by atoms with E-state index in [1.165, 1.54) is 24.3 Å². The van der Waals surface area contributed by atoms with Gasteiger partial charge in [-0.05, 0) is 48.6 Å². The van der Waals surface area contributed by atoms with Gasteiger partial charge in [-0.25, -0.2) is 4.39 Å². The molecule has 0 saturated carbocycles. The van der Waals surface area contributed by atoms with E-state index in [4.69, 9.17) is 4.74 Å². The molecule has 1 amide bonds. The highest BCUT2D eigenvalue weighted by Gasteiger charge is 2.23. The highest BCUT2D eigenvalue weighted by Crippen LogP contribution is 2.22. The van der Waals surface area contributed by atoms with E-state index in [2.05, 4.69) is 19.2 Å². The van der Waals surface area contributed by atoms with E-state index in [-0.39, 0.29) is 17.8 Å². The number of rotatable bonds is 8. The summed E-state index contributed by atoms with van der Waals surface area (Å²) in [7, 11) is 0. The first-order chi connectivity index (χ1) is 12.0. The van der Waals surface area contributed by atoms with Gasteiger partial charge in [0.1, 0.15) is 11.6 Å². The molecule has 0 spiro atoms. The minimum absolute atomic E-state index is 0.0560. The molecule has 4 heteroatoms. The number of amides is 1. The van der Waals surface area contributed by atoms with Gasteiger partial charge in [-0.1, -0.05) is 51.1 Å². The Kier molecular flexibility index (Phi) is 6.99. The summed E-state index contributed by atoms with van der Waals surface area (Å²) in [5.41, 5.74) is 1.08. The van der Waals surface area contributed by atoms with Gasteiger partial charge >= 0.3 is 0 Å². The Morgan fingerprint density at radius 1 is 1.08 bits per heavy atom. The van der Waals surface area contributed by atoms with Crippen LogP contribution in [-0.2, 0) is 4.79 Å². The third-order valence-corrected chi connectivity index (χ3v) is 3.98. The zero-order valence-electron chi connectivity index (χ0n) is 15.0. The second kappa shape index (κ2) is 9.21. The van der Waals surface area contributed by atoms with Crippen LogP contribution >= 0.6 is 0 Å². The van der Waals surface area contributed by atoms with Crippen molar-refractivity contribution in [2.24, 2.45) is 5.92 Å². The number of ether oxygens (including phenoxy) is 1. The smallest absolute Gasteiger partial charge is 0.261 e. The first-order valence-corrected chi connectivity index (χ1v) is 8.77. The van der Waals surface area contributed by atoms with Gasteiger partial charge in [0.25, 0.3) is 5.91 Å². The fourth-order valence-electron chi connectivity index (χ4n) is 2.70. The molecule has 3 nitrogen and oxygen atoms in total. The summed E-state index contributed by atoms with van der Waals surface area (Å²) < 4.78 is 18.8. The first kappa shape index (κ1) is 19.0. The molecule has 2 atom stereocenters. The van der Waals surface area contributed by atoms with E-state index >= 15 is 0 Å². The van der Waals surface area contributed by atoms with Crippen molar-refractivity contribution in [2.75, 3.05) is 0 Å². The van der Waals surface area contributed by atoms with Crippen molar-refractivity contribution in [3.8, 4) is 5.75 Å². The Balaban J connectivity index is 2.08. The molecule has 25 heavy (non-hydrogen) atoms. The quantitative estimate of drug-likeness (QED) is 0.741. The van der Waals surface area contributed by atoms with E-state index in [1.54, 1.807) is 0 Å². The Labute approximate surface area is 149 Å². The van der Waals surface area contributed by atoms with Crippen LogP contribution in [0.1, 0.15) is 45.2 Å². The van der Waals surface area contributed by atoms with Crippen molar-refractivity contribution >= 4 is 5.91 Å². The van der Waals surface area contributed by atoms with E-state index in [9.17, 15) is 9.18 Å². The fraction of sp³-hybridized carbons (Fsp3) is 0.381. The van der Waals surface area contributed by atoms with Crippen LogP contribution in [0.2, 0.25) is 0 Å². The van der Waals surface area contributed by atoms with E-state index in [1.807, 2.05) is 37.3 Å². The van der Waals surface area contributed by atoms with E-state index in [0.29, 0.717) is 18.1 Å². The molecule has 1 N–H and O–H groups in total. The van der Waals surface area contributed by atoms with Crippen LogP contribution in [-0.4, -0.2) is 12.0 Å². The lowest BCUT2D eigenvalue weighted by Crippen LogP contribution is -2.40. The Bertz CT molecular complexity index is 655. The SMILES string of the molecule is CC[C@H](Oc1ccc(F)cc1)C(=O)N[C@H](CC(C)C)c1ccccc1. The Hall–Kier alpha value is -2.36. The molecule has 0 saturated heterocycles. The zero-order valence-corrected chi connectivity index (χ0v) is 15.0. The molecule has 0 unspecified atom stereocenters. The van der Waals surface area contributed by atoms with Crippen molar-refractivity contribution in [1.82, 2.24) is 5.32 Å². The number of hydrogen-bond acceptors (Lipinski definition) is 2. The first-order valence-electron chi connectivity index (χ1n) is 8.77. The minimum Gasteiger partial charge on any atom is -0.481 e. The monoisotopic (exact) mass is 343 g/mol. The molecule has 2 rings (SSSR count). The lowest BCUT2D eigenvalue weighted by molar-refractivity contribution is -0.129. The van der Waals surface area contributed by atoms with Gasteiger partial charge in [0.15, 0.2) is 6.10 Å². The summed E-state index contributed by atoms with van der Waals surface area (Å²) in [5, 5.41) is 3.11. The molecule has 0 radical (unpaired) electrons. The summed E-state index contributed by atoms with van der Waals surface area (Å²) in [6, 6.07) is 15.6. The topological polar surface area (TPSA) is 38.3 Å². The fourth-order valence-corrected chi connectivity index (χ4v) is 2.70. The van der Waals surface area contributed by atoms with Crippen LogP contribution in [0.4, 0.5) is 4.39 Å². The maximum Gasteiger partial charge on any atom is 0.261 e. The second-order valence-corrected chi connectivity index (χ2v) is 6.57. The molecule has 0 bridgehead atoms. The summed E-state index contributed by atoms with van der Waals surface area (Å²) in [4.78, 5) is 12.7. The predicted molar refractivity (Wildman–Crippen MR) is 97.9 cm³/mol. The minimum atomic E-state index is -0.608. The highest BCUT2D eigenvalue weighted by atomic mass is 19.1. The highest BCUT2D eigenvalue weighted by molar-refractivity contribution is 5.81. The van der Waals surface area contributed by atoms with Gasteiger partial charge < -0.3 is 10.1 Å². The van der Waals surface area contributed by atoms with Crippen LogP contribution in [0.3, 0.4) is 0 Å². The van der Waals surface area contributed by atoms with Crippen molar-refractivity contribution in [3.05, 3.63) is 66.0 Å². The van der Waals surface area contributed by atoms with Gasteiger partial charge in [0.2, 0.25) is 0 Å². The van der Waals surface area contributed by atoms with Crippen LogP contribution < -0.4 is 10.1 Å². The summed E-state index contributed by atoms with van der Waals surface area (Å²) in [5.74, 6) is 0.458. The lowest BCUT2D eigenvalue weighted by Gasteiger charge is -2.24. The molecule has 2 aromatic carbocycles. The molecular weight excluding hydrogens is 317 g/mol. The van der Waals surface area contributed by atoms with Gasteiger partial charge in [-0.2, -0.15) is 0 Å². The maximum atomic E-state index is 13.0. The Morgan fingerprint density at radius 3 is 2.28 bits per heavy atom. The molecule has 0 heterocycles. The third-order valence-electron chi connectivity index (χ3n) is 3.98. The van der Waals surface area contributed by atoms with Crippen LogP contribution in [0.15, 0.2) is 54.6 Å². The van der Waals surface area contributed by atoms with Crippen molar-refractivity contribution < 1.29 is 13.9 Å². The molecule has 0 aliphatic carbocycles. The number of hydrogen-bond donors (Lipinski definition) is 1.